The lowest BCUT2D eigenvalue weighted by Crippen LogP contribution is -2.25. The van der Waals surface area contributed by atoms with Crippen LogP contribution in [0.3, 0.4) is 0 Å². The summed E-state index contributed by atoms with van der Waals surface area (Å²) in [5.41, 5.74) is -2.71. The molecule has 0 aliphatic heterocycles. The van der Waals surface area contributed by atoms with Crippen LogP contribution in [0.1, 0.15) is 46.4 Å². The van der Waals surface area contributed by atoms with Crippen molar-refractivity contribution in [3.63, 3.8) is 0 Å². The molecule has 36 heavy (non-hydrogen) atoms. The first-order valence-corrected chi connectivity index (χ1v) is 10.4. The number of carbonyl (C=O) groups is 2. The third-order valence-corrected chi connectivity index (χ3v) is 4.85. The van der Waals surface area contributed by atoms with Crippen LogP contribution in [0.5, 0.6) is 0 Å². The molecule has 0 bridgehead atoms. The van der Waals surface area contributed by atoms with Crippen molar-refractivity contribution in [2.75, 3.05) is 13.1 Å². The number of hydrogen-bond donors (Lipinski definition) is 2. The predicted molar refractivity (Wildman–Crippen MR) is 123 cm³/mol. The minimum Gasteiger partial charge on any atom is -0.352 e. The average molecular weight is 504 g/mol. The molecule has 0 atom stereocenters. The molecule has 0 aliphatic rings. The second-order valence-electron chi connectivity index (χ2n) is 7.43. The molecule has 2 aromatic carbocycles. The number of rotatable bonds is 13. The van der Waals surface area contributed by atoms with Crippen molar-refractivity contribution in [1.82, 2.24) is 10.6 Å². The van der Waals surface area contributed by atoms with Gasteiger partial charge in [-0.2, -0.15) is 0 Å². The fourth-order valence-electron chi connectivity index (χ4n) is 3.09. The van der Waals surface area contributed by atoms with E-state index in [2.05, 4.69) is 10.6 Å². The van der Waals surface area contributed by atoms with E-state index in [4.69, 9.17) is 0 Å². The summed E-state index contributed by atoms with van der Waals surface area (Å²) < 4.78 is 0. The first-order chi connectivity index (χ1) is 17.0. The molecule has 2 aromatic rings. The number of nitrogens with one attached hydrogen (secondary N) is 2. The Balaban J connectivity index is 1.75. The van der Waals surface area contributed by atoms with E-state index in [0.29, 0.717) is 25.7 Å². The molecule has 0 saturated heterocycles. The van der Waals surface area contributed by atoms with Crippen LogP contribution < -0.4 is 10.6 Å². The Morgan fingerprint density at radius 2 is 0.806 bits per heavy atom. The van der Waals surface area contributed by atoms with Gasteiger partial charge in [0.15, 0.2) is 0 Å². The van der Waals surface area contributed by atoms with Gasteiger partial charge in [0.1, 0.15) is 0 Å². The van der Waals surface area contributed by atoms with E-state index in [1.807, 2.05) is 0 Å². The van der Waals surface area contributed by atoms with Crippen LogP contribution in [0.4, 0.5) is 22.7 Å². The molecular weight excluding hydrogens is 484 g/mol. The third-order valence-electron chi connectivity index (χ3n) is 4.85. The molecule has 0 radical (unpaired) electrons. The van der Waals surface area contributed by atoms with Crippen LogP contribution >= 0.6 is 0 Å². The summed E-state index contributed by atoms with van der Waals surface area (Å²) in [6.45, 7) is 0.415. The van der Waals surface area contributed by atoms with Gasteiger partial charge in [0.2, 0.25) is 0 Å². The maximum absolute atomic E-state index is 12.2. The number of non-ortho nitro benzene ring substituents is 4. The number of nitro groups is 4. The highest BCUT2D eigenvalue weighted by Crippen LogP contribution is 2.23. The van der Waals surface area contributed by atoms with E-state index in [1.54, 1.807) is 0 Å². The standard InChI is InChI=1S/C20H20N6O10/c27-19(13-7-15(23(29)30)11-16(8-13)24(31)32)21-5-3-1-2-4-6-22-20(28)14-9-17(25(33)34)12-18(10-14)26(35)36/h7-12H,1-6H2,(H,21,27)(H,22,28). The number of unbranched alkanes of at least 4 members (excludes halogenated alkanes) is 3. The number of benzene rings is 2. The van der Waals surface area contributed by atoms with Crippen molar-refractivity contribution in [3.05, 3.63) is 88.0 Å². The topological polar surface area (TPSA) is 231 Å². The molecule has 0 spiro atoms. The highest BCUT2D eigenvalue weighted by Gasteiger charge is 2.20. The van der Waals surface area contributed by atoms with Crippen LogP contribution in [0, 0.1) is 40.5 Å². The fraction of sp³-hybridized carbons (Fsp3) is 0.300. The maximum Gasteiger partial charge on any atom is 0.277 e. The zero-order chi connectivity index (χ0) is 26.8. The third kappa shape index (κ3) is 7.79. The Morgan fingerprint density at radius 1 is 0.528 bits per heavy atom. The van der Waals surface area contributed by atoms with Gasteiger partial charge in [-0.1, -0.05) is 12.8 Å². The molecule has 190 valence electrons. The van der Waals surface area contributed by atoms with E-state index < -0.39 is 54.3 Å². The number of amides is 2. The lowest BCUT2D eigenvalue weighted by Gasteiger charge is -2.07. The molecular formula is C20H20N6O10. The van der Waals surface area contributed by atoms with Gasteiger partial charge < -0.3 is 10.6 Å². The molecule has 0 aliphatic carbocycles. The lowest BCUT2D eigenvalue weighted by atomic mass is 10.1. The van der Waals surface area contributed by atoms with Crippen molar-refractivity contribution in [3.8, 4) is 0 Å². The Morgan fingerprint density at radius 3 is 1.06 bits per heavy atom. The van der Waals surface area contributed by atoms with E-state index in [1.165, 1.54) is 0 Å². The van der Waals surface area contributed by atoms with Gasteiger partial charge in [0.25, 0.3) is 34.6 Å². The van der Waals surface area contributed by atoms with Gasteiger partial charge in [0, 0.05) is 37.4 Å². The molecule has 0 aromatic heterocycles. The fourth-order valence-corrected chi connectivity index (χ4v) is 3.09. The maximum atomic E-state index is 12.2. The second-order valence-corrected chi connectivity index (χ2v) is 7.43. The smallest absolute Gasteiger partial charge is 0.277 e. The van der Waals surface area contributed by atoms with Gasteiger partial charge in [-0.15, -0.1) is 0 Å². The minimum absolute atomic E-state index is 0.207. The first kappa shape index (κ1) is 27.2. The van der Waals surface area contributed by atoms with Gasteiger partial charge in [0.05, 0.1) is 43.0 Å². The van der Waals surface area contributed by atoms with Crippen molar-refractivity contribution >= 4 is 34.6 Å². The van der Waals surface area contributed by atoms with Crippen LogP contribution in [0.15, 0.2) is 36.4 Å². The Bertz CT molecular complexity index is 1060. The Hall–Kier alpha value is -5.02. The molecule has 2 amide bonds. The summed E-state index contributed by atoms with van der Waals surface area (Å²) in [6, 6.07) is 5.30. The molecule has 0 heterocycles. The van der Waals surface area contributed by atoms with E-state index in [0.717, 1.165) is 36.4 Å². The van der Waals surface area contributed by atoms with E-state index >= 15 is 0 Å². The number of hydrogen-bond acceptors (Lipinski definition) is 10. The summed E-state index contributed by atoms with van der Waals surface area (Å²) in [5, 5.41) is 48.7. The predicted octanol–water partition coefficient (Wildman–Crippen LogP) is 3.04. The zero-order valence-electron chi connectivity index (χ0n) is 18.6. The van der Waals surface area contributed by atoms with Crippen molar-refractivity contribution in [2.24, 2.45) is 0 Å². The van der Waals surface area contributed by atoms with Crippen LogP contribution in [0.2, 0.25) is 0 Å². The Labute approximate surface area is 201 Å². The van der Waals surface area contributed by atoms with Crippen LogP contribution in [-0.4, -0.2) is 44.6 Å². The van der Waals surface area contributed by atoms with E-state index in [9.17, 15) is 50.0 Å². The van der Waals surface area contributed by atoms with E-state index in [-0.39, 0.29) is 24.2 Å². The molecule has 0 unspecified atom stereocenters. The summed E-state index contributed by atoms with van der Waals surface area (Å²) in [6.07, 6.45) is 2.31. The normalized spacial score (nSPS) is 10.3. The number of nitro benzene ring substituents is 4. The highest BCUT2D eigenvalue weighted by molar-refractivity contribution is 5.96. The first-order valence-electron chi connectivity index (χ1n) is 10.4. The number of nitrogens with zero attached hydrogens (tertiary/aromatic N) is 4. The SMILES string of the molecule is O=C(NCCCCCCNC(=O)c1cc([N+](=O)[O-])cc([N+](=O)[O-])c1)c1cc([N+](=O)[O-])cc([N+](=O)[O-])c1. The van der Waals surface area contributed by atoms with Crippen molar-refractivity contribution in [1.29, 1.82) is 0 Å². The van der Waals surface area contributed by atoms with Crippen LogP contribution in [0.25, 0.3) is 0 Å². The Kier molecular flexibility index (Phi) is 9.41. The largest absolute Gasteiger partial charge is 0.352 e. The average Bonchev–Trinajstić information content (AvgIpc) is 2.84. The van der Waals surface area contributed by atoms with Gasteiger partial charge in [-0.3, -0.25) is 50.0 Å². The van der Waals surface area contributed by atoms with Gasteiger partial charge >= 0.3 is 0 Å². The van der Waals surface area contributed by atoms with Crippen molar-refractivity contribution in [2.45, 2.75) is 25.7 Å². The highest BCUT2D eigenvalue weighted by atomic mass is 16.6. The zero-order valence-corrected chi connectivity index (χ0v) is 18.6. The van der Waals surface area contributed by atoms with Crippen molar-refractivity contribution < 1.29 is 29.3 Å². The summed E-state index contributed by atoms with van der Waals surface area (Å²) in [4.78, 5) is 64.7. The van der Waals surface area contributed by atoms with Gasteiger partial charge in [-0.25, -0.2) is 0 Å². The molecule has 2 N–H and O–H groups in total. The minimum atomic E-state index is -0.831. The summed E-state index contributed by atoms with van der Waals surface area (Å²) in [7, 11) is 0. The molecule has 2 rings (SSSR count). The summed E-state index contributed by atoms with van der Waals surface area (Å²) >= 11 is 0. The molecule has 16 nitrogen and oxygen atoms in total. The second kappa shape index (κ2) is 12.4. The van der Waals surface area contributed by atoms with Crippen LogP contribution in [-0.2, 0) is 0 Å². The molecule has 0 saturated carbocycles. The molecule has 16 heteroatoms. The number of carbonyl (C=O) groups excluding carboxylic acids is 2. The summed E-state index contributed by atoms with van der Waals surface area (Å²) in [5.74, 6) is -1.39. The monoisotopic (exact) mass is 504 g/mol. The van der Waals surface area contributed by atoms with Gasteiger partial charge in [-0.05, 0) is 12.8 Å². The lowest BCUT2D eigenvalue weighted by molar-refractivity contribution is -0.394. The molecule has 0 fully saturated rings. The quantitative estimate of drug-likeness (QED) is 0.230.